The summed E-state index contributed by atoms with van der Waals surface area (Å²) in [4.78, 5) is 11.5. The summed E-state index contributed by atoms with van der Waals surface area (Å²) in [5.74, 6) is -1.16. The van der Waals surface area contributed by atoms with Gasteiger partial charge in [-0.2, -0.15) is 0 Å². The predicted molar refractivity (Wildman–Crippen MR) is 71.9 cm³/mol. The number of ketones is 1. The molecule has 0 N–H and O–H groups in total. The van der Waals surface area contributed by atoms with E-state index in [1.165, 1.54) is 25.1 Å². The zero-order valence-electron chi connectivity index (χ0n) is 11.2. The lowest BCUT2D eigenvalue weighted by atomic mass is 10.1. The van der Waals surface area contributed by atoms with E-state index in [1.54, 1.807) is 18.2 Å². The van der Waals surface area contributed by atoms with Crippen molar-refractivity contribution in [2.75, 3.05) is 0 Å². The van der Waals surface area contributed by atoms with Crippen molar-refractivity contribution in [3.05, 3.63) is 64.7 Å². The normalized spacial score (nSPS) is 10.4. The third-order valence-corrected chi connectivity index (χ3v) is 2.95. The monoisotopic (exact) mass is 276 g/mol. The molecule has 0 amide bonds. The Morgan fingerprint density at radius 2 is 1.80 bits per heavy atom. The molecule has 0 atom stereocenters. The maximum Gasteiger partial charge on any atom is 0.163 e. The van der Waals surface area contributed by atoms with Crippen molar-refractivity contribution >= 4 is 5.78 Å². The fourth-order valence-electron chi connectivity index (χ4n) is 1.86. The van der Waals surface area contributed by atoms with Crippen LogP contribution in [0.15, 0.2) is 36.4 Å². The lowest BCUT2D eigenvalue weighted by molar-refractivity contribution is 0.101. The molecule has 0 saturated carbocycles. The number of hydrogen-bond acceptors (Lipinski definition) is 2. The summed E-state index contributed by atoms with van der Waals surface area (Å²) < 4.78 is 32.4. The van der Waals surface area contributed by atoms with Gasteiger partial charge in [0.25, 0.3) is 0 Å². The Morgan fingerprint density at radius 1 is 1.15 bits per heavy atom. The van der Waals surface area contributed by atoms with Crippen LogP contribution in [0.5, 0.6) is 5.75 Å². The van der Waals surface area contributed by atoms with Crippen molar-refractivity contribution in [3.8, 4) is 5.75 Å². The fourth-order valence-corrected chi connectivity index (χ4v) is 1.86. The summed E-state index contributed by atoms with van der Waals surface area (Å²) in [5, 5.41) is 0. The zero-order valence-corrected chi connectivity index (χ0v) is 11.2. The van der Waals surface area contributed by atoms with Crippen LogP contribution in [-0.2, 0) is 6.61 Å². The Labute approximate surface area is 116 Å². The number of carbonyl (C=O) groups is 1. The molecule has 0 aliphatic heterocycles. The van der Waals surface area contributed by atoms with Gasteiger partial charge in [-0.25, -0.2) is 8.78 Å². The van der Waals surface area contributed by atoms with Crippen molar-refractivity contribution in [1.82, 2.24) is 0 Å². The van der Waals surface area contributed by atoms with Crippen LogP contribution in [0.4, 0.5) is 8.78 Å². The lowest BCUT2D eigenvalue weighted by Crippen LogP contribution is -2.05. The van der Waals surface area contributed by atoms with Crippen molar-refractivity contribution in [2.24, 2.45) is 0 Å². The van der Waals surface area contributed by atoms with Gasteiger partial charge in [-0.05, 0) is 38.1 Å². The third-order valence-electron chi connectivity index (χ3n) is 2.95. The number of carbonyl (C=O) groups excluding carboxylic acids is 1. The molecule has 0 aliphatic carbocycles. The minimum atomic E-state index is -0.665. The van der Waals surface area contributed by atoms with Crippen LogP contribution in [0.25, 0.3) is 0 Å². The van der Waals surface area contributed by atoms with Crippen LogP contribution < -0.4 is 4.74 Å². The molecule has 0 saturated heterocycles. The third kappa shape index (κ3) is 3.02. The van der Waals surface area contributed by atoms with Crippen molar-refractivity contribution in [3.63, 3.8) is 0 Å². The van der Waals surface area contributed by atoms with Gasteiger partial charge >= 0.3 is 0 Å². The average molecular weight is 276 g/mol. The van der Waals surface area contributed by atoms with E-state index in [-0.39, 0.29) is 18.0 Å². The van der Waals surface area contributed by atoms with Crippen molar-refractivity contribution in [2.45, 2.75) is 20.5 Å². The Kier molecular flexibility index (Phi) is 4.13. The van der Waals surface area contributed by atoms with E-state index in [9.17, 15) is 13.6 Å². The minimum absolute atomic E-state index is 0.150. The Bertz CT molecular complexity index is 631. The number of rotatable bonds is 4. The van der Waals surface area contributed by atoms with Crippen molar-refractivity contribution < 1.29 is 18.3 Å². The van der Waals surface area contributed by atoms with E-state index in [0.717, 1.165) is 5.56 Å². The van der Waals surface area contributed by atoms with E-state index in [1.807, 2.05) is 6.92 Å². The van der Waals surface area contributed by atoms with Gasteiger partial charge in [0, 0.05) is 0 Å². The summed E-state index contributed by atoms with van der Waals surface area (Å²) in [6, 6.07) is 8.73. The first-order valence-corrected chi connectivity index (χ1v) is 6.16. The molecule has 0 aliphatic rings. The highest BCUT2D eigenvalue weighted by atomic mass is 19.1. The van der Waals surface area contributed by atoms with Gasteiger partial charge < -0.3 is 4.74 Å². The van der Waals surface area contributed by atoms with Crippen LogP contribution in [0.3, 0.4) is 0 Å². The highest BCUT2D eigenvalue weighted by molar-refractivity contribution is 5.97. The molecule has 2 aromatic rings. The molecule has 0 heterocycles. The summed E-state index contributed by atoms with van der Waals surface area (Å²) in [6.45, 7) is 3.01. The van der Waals surface area contributed by atoms with Gasteiger partial charge in [0.1, 0.15) is 24.0 Å². The number of benzene rings is 2. The Morgan fingerprint density at radius 3 is 2.40 bits per heavy atom. The summed E-state index contributed by atoms with van der Waals surface area (Å²) >= 11 is 0. The van der Waals surface area contributed by atoms with Gasteiger partial charge in [-0.15, -0.1) is 0 Å². The number of aryl methyl sites for hydroxylation is 1. The van der Waals surface area contributed by atoms with Crippen molar-refractivity contribution in [1.29, 1.82) is 0 Å². The number of ether oxygens (including phenoxy) is 1. The topological polar surface area (TPSA) is 26.3 Å². The van der Waals surface area contributed by atoms with Gasteiger partial charge in [-0.3, -0.25) is 4.79 Å². The van der Waals surface area contributed by atoms with E-state index >= 15 is 0 Å². The minimum Gasteiger partial charge on any atom is -0.488 e. The molecule has 0 spiro atoms. The van der Waals surface area contributed by atoms with Crippen LogP contribution in [0.1, 0.15) is 28.4 Å². The predicted octanol–water partition coefficient (Wildman–Crippen LogP) is 4.05. The first-order chi connectivity index (χ1) is 9.49. The molecular formula is C16H14F2O2. The molecule has 0 fully saturated rings. The van der Waals surface area contributed by atoms with Crippen LogP contribution in [0, 0.1) is 18.6 Å². The lowest BCUT2D eigenvalue weighted by Gasteiger charge is -2.11. The number of Topliss-reactive ketones (excluding diaryl/α,β-unsaturated/α-hetero) is 1. The van der Waals surface area contributed by atoms with Gasteiger partial charge in [0.15, 0.2) is 5.78 Å². The molecule has 2 nitrogen and oxygen atoms in total. The maximum absolute atomic E-state index is 13.5. The van der Waals surface area contributed by atoms with Crippen LogP contribution >= 0.6 is 0 Å². The SMILES string of the molecule is CC(=O)c1cc(C)ccc1OCc1c(F)cccc1F. The molecule has 4 heteroatoms. The second kappa shape index (κ2) is 5.82. The largest absolute Gasteiger partial charge is 0.488 e. The second-order valence-corrected chi connectivity index (χ2v) is 4.54. The van der Waals surface area contributed by atoms with E-state index in [4.69, 9.17) is 4.74 Å². The second-order valence-electron chi connectivity index (χ2n) is 4.54. The van der Waals surface area contributed by atoms with E-state index in [2.05, 4.69) is 0 Å². The Balaban J connectivity index is 2.25. The highest BCUT2D eigenvalue weighted by Crippen LogP contribution is 2.23. The molecular weight excluding hydrogens is 262 g/mol. The van der Waals surface area contributed by atoms with Gasteiger partial charge in [0.05, 0.1) is 11.1 Å². The molecule has 0 unspecified atom stereocenters. The molecule has 0 bridgehead atoms. The molecule has 0 aromatic heterocycles. The quantitative estimate of drug-likeness (QED) is 0.787. The number of halogens is 2. The van der Waals surface area contributed by atoms with E-state index in [0.29, 0.717) is 11.3 Å². The standard InChI is InChI=1S/C16H14F2O2/c1-10-6-7-16(12(8-10)11(2)19)20-9-13-14(17)4-3-5-15(13)18/h3-8H,9H2,1-2H3. The summed E-state index contributed by atoms with van der Waals surface area (Å²) in [7, 11) is 0. The number of hydrogen-bond donors (Lipinski definition) is 0. The molecule has 2 aromatic carbocycles. The smallest absolute Gasteiger partial charge is 0.163 e. The molecule has 20 heavy (non-hydrogen) atoms. The molecule has 2 rings (SSSR count). The van der Waals surface area contributed by atoms with Gasteiger partial charge in [0.2, 0.25) is 0 Å². The fraction of sp³-hybridized carbons (Fsp3) is 0.188. The van der Waals surface area contributed by atoms with Crippen LogP contribution in [-0.4, -0.2) is 5.78 Å². The van der Waals surface area contributed by atoms with Crippen LogP contribution in [0.2, 0.25) is 0 Å². The maximum atomic E-state index is 13.5. The first-order valence-electron chi connectivity index (χ1n) is 6.16. The highest BCUT2D eigenvalue weighted by Gasteiger charge is 2.12. The summed E-state index contributed by atoms with van der Waals surface area (Å²) in [5.41, 5.74) is 1.17. The van der Waals surface area contributed by atoms with E-state index < -0.39 is 11.6 Å². The summed E-state index contributed by atoms with van der Waals surface area (Å²) in [6.07, 6.45) is 0. The molecule has 104 valence electrons. The van der Waals surface area contributed by atoms with Gasteiger partial charge in [-0.1, -0.05) is 17.7 Å². The Hall–Kier alpha value is -2.23. The first kappa shape index (κ1) is 14.2. The average Bonchev–Trinajstić information content (AvgIpc) is 2.39. The molecule has 0 radical (unpaired) electrons. The zero-order chi connectivity index (χ0) is 14.7.